The molecular weight excluding hydrogens is 919 g/mol. The van der Waals surface area contributed by atoms with Crippen molar-refractivity contribution in [1.29, 1.82) is 0 Å². The molecule has 0 aromatic heterocycles. The summed E-state index contributed by atoms with van der Waals surface area (Å²) in [4.78, 5) is 86.3. The van der Waals surface area contributed by atoms with E-state index in [-0.39, 0.29) is 79.4 Å². The Morgan fingerprint density at radius 2 is 1.58 bits per heavy atom. The van der Waals surface area contributed by atoms with Crippen LogP contribution in [0.1, 0.15) is 142 Å². The van der Waals surface area contributed by atoms with Crippen molar-refractivity contribution in [3.8, 4) is 0 Å². The molecule has 1 aromatic rings. The number of piperidine rings is 1. The van der Waals surface area contributed by atoms with E-state index in [1.54, 1.807) is 65.1 Å². The van der Waals surface area contributed by atoms with Crippen LogP contribution in [0.5, 0.6) is 0 Å². The number of nitrogens with zero attached hydrogens (tertiary/aromatic N) is 1. The second-order valence-electron chi connectivity index (χ2n) is 21.6. The lowest BCUT2D eigenvalue weighted by atomic mass is 9.78. The Morgan fingerprint density at radius 3 is 2.28 bits per heavy atom. The fourth-order valence-electron chi connectivity index (χ4n) is 11.2. The van der Waals surface area contributed by atoms with E-state index in [4.69, 9.17) is 18.9 Å². The molecule has 3 aliphatic heterocycles. The number of allylic oxidation sites excluding steroid dienone is 7. The molecule has 0 unspecified atom stereocenters. The molecule has 72 heavy (non-hydrogen) atoms. The number of aliphatic hydroxyl groups is 3. The highest BCUT2D eigenvalue weighted by Gasteiger charge is 2.53. The zero-order valence-corrected chi connectivity index (χ0v) is 44.2. The van der Waals surface area contributed by atoms with E-state index < -0.39 is 77.8 Å². The van der Waals surface area contributed by atoms with Crippen molar-refractivity contribution in [3.63, 3.8) is 0 Å². The van der Waals surface area contributed by atoms with Crippen molar-refractivity contribution >= 4 is 35.0 Å². The Bertz CT molecular complexity index is 2150. The Labute approximate surface area is 427 Å². The monoisotopic (exact) mass is 1000 g/mol. The number of carbonyl (C=O) groups excluding carboxylic acids is 6. The topological polar surface area (TPSA) is 203 Å². The van der Waals surface area contributed by atoms with Crippen molar-refractivity contribution in [3.05, 3.63) is 83.5 Å². The van der Waals surface area contributed by atoms with Crippen LogP contribution >= 0.6 is 0 Å². The maximum absolute atomic E-state index is 14.5. The lowest BCUT2D eigenvalue weighted by Crippen LogP contribution is -2.60. The van der Waals surface area contributed by atoms with E-state index in [1.165, 1.54) is 12.0 Å². The predicted molar refractivity (Wildman–Crippen MR) is 273 cm³/mol. The third kappa shape index (κ3) is 15.3. The number of ether oxygens (including phenoxy) is 4. The van der Waals surface area contributed by atoms with Crippen LogP contribution in [0.25, 0.3) is 0 Å². The molecule has 0 radical (unpaired) electrons. The van der Waals surface area contributed by atoms with E-state index in [0.717, 1.165) is 5.57 Å². The molecule has 15 atom stereocenters. The Morgan fingerprint density at radius 1 is 0.861 bits per heavy atom. The zero-order chi connectivity index (χ0) is 52.9. The summed E-state index contributed by atoms with van der Waals surface area (Å²) in [6.07, 6.45) is 11.2. The molecule has 14 nitrogen and oxygen atoms in total. The molecule has 0 spiro atoms. The molecule has 1 aromatic carbocycles. The van der Waals surface area contributed by atoms with Crippen LogP contribution in [-0.2, 0) is 42.9 Å². The fraction of sp³-hybridized carbons (Fsp3) is 0.655. The number of cyclic esters (lactones) is 1. The number of carbonyl (C=O) groups is 6. The molecule has 14 heteroatoms. The summed E-state index contributed by atoms with van der Waals surface area (Å²) in [5.41, 5.74) is 1.80. The third-order valence-corrected chi connectivity index (χ3v) is 15.9. The number of methoxy groups -OCH3 is 2. The Balaban J connectivity index is 1.50. The summed E-state index contributed by atoms with van der Waals surface area (Å²) < 4.78 is 23.8. The van der Waals surface area contributed by atoms with Gasteiger partial charge in [-0.2, -0.15) is 0 Å². The van der Waals surface area contributed by atoms with Gasteiger partial charge in [-0.25, -0.2) is 4.79 Å². The van der Waals surface area contributed by atoms with Gasteiger partial charge in [0.05, 0.1) is 18.3 Å². The molecule has 398 valence electrons. The first-order chi connectivity index (χ1) is 34.2. The summed E-state index contributed by atoms with van der Waals surface area (Å²) >= 11 is 0. The van der Waals surface area contributed by atoms with Crippen LogP contribution < -0.4 is 0 Å². The van der Waals surface area contributed by atoms with Gasteiger partial charge >= 0.3 is 5.97 Å². The predicted octanol–water partition coefficient (Wildman–Crippen LogP) is 8.05. The van der Waals surface area contributed by atoms with E-state index >= 15 is 0 Å². The van der Waals surface area contributed by atoms with Crippen LogP contribution in [0, 0.1) is 41.4 Å². The maximum Gasteiger partial charge on any atom is 0.329 e. The Kier molecular flexibility index (Phi) is 22.1. The van der Waals surface area contributed by atoms with Gasteiger partial charge in [-0.1, -0.05) is 107 Å². The van der Waals surface area contributed by atoms with Gasteiger partial charge in [-0.3, -0.25) is 24.0 Å². The molecule has 1 amide bonds. The average Bonchev–Trinajstić information content (AvgIpc) is 3.36. The first kappa shape index (κ1) is 58.4. The van der Waals surface area contributed by atoms with Gasteiger partial charge in [0.25, 0.3) is 11.7 Å². The quantitative estimate of drug-likeness (QED) is 0.0978. The highest BCUT2D eigenvalue weighted by molar-refractivity contribution is 6.39. The number of benzene rings is 1. The lowest BCUT2D eigenvalue weighted by molar-refractivity contribution is -0.264. The van der Waals surface area contributed by atoms with Crippen molar-refractivity contribution in [2.45, 2.75) is 180 Å². The number of hydrogen-bond acceptors (Lipinski definition) is 13. The zero-order valence-electron chi connectivity index (χ0n) is 44.2. The highest BCUT2D eigenvalue weighted by atomic mass is 16.6. The number of ketones is 4. The minimum absolute atomic E-state index is 0.0228. The van der Waals surface area contributed by atoms with E-state index in [9.17, 15) is 44.1 Å². The maximum atomic E-state index is 14.5. The number of esters is 1. The van der Waals surface area contributed by atoms with E-state index in [1.807, 2.05) is 57.2 Å². The molecule has 1 aliphatic carbocycles. The van der Waals surface area contributed by atoms with Gasteiger partial charge < -0.3 is 39.2 Å². The molecule has 5 rings (SSSR count). The lowest BCUT2D eigenvalue weighted by Gasteiger charge is -2.43. The van der Waals surface area contributed by atoms with Crippen molar-refractivity contribution in [2.24, 2.45) is 41.4 Å². The van der Waals surface area contributed by atoms with Crippen molar-refractivity contribution < 1.29 is 63.0 Å². The van der Waals surface area contributed by atoms with Gasteiger partial charge in [-0.05, 0) is 114 Å². The number of aliphatic hydroxyl groups excluding tert-OH is 2. The molecule has 2 saturated heterocycles. The molecular formula is C58H83NO13. The first-order valence-electron chi connectivity index (χ1n) is 26.4. The van der Waals surface area contributed by atoms with Crippen LogP contribution in [0.3, 0.4) is 0 Å². The molecule has 3 heterocycles. The largest absolute Gasteiger partial charge is 0.460 e. The molecule has 1 saturated carbocycles. The van der Waals surface area contributed by atoms with Gasteiger partial charge in [-0.15, -0.1) is 0 Å². The van der Waals surface area contributed by atoms with Crippen LogP contribution in [0.15, 0.2) is 77.9 Å². The van der Waals surface area contributed by atoms with Gasteiger partial charge in [0.2, 0.25) is 5.79 Å². The second kappa shape index (κ2) is 27.2. The Hall–Kier alpha value is -4.44. The summed E-state index contributed by atoms with van der Waals surface area (Å²) in [6, 6.07) is 7.80. The van der Waals surface area contributed by atoms with E-state index in [0.29, 0.717) is 68.9 Å². The summed E-state index contributed by atoms with van der Waals surface area (Å²) in [7, 11) is 2.93. The van der Waals surface area contributed by atoms with Crippen LogP contribution in [0.2, 0.25) is 0 Å². The van der Waals surface area contributed by atoms with Crippen LogP contribution in [-0.4, -0.2) is 124 Å². The average molecular weight is 1000 g/mol. The SMILES string of the molecule is CO[C@@H]1C[C@H](C[C@@H](C)[C@@H]2CC(=O)[C@H](C)/C=C(\C)[C@@H](O)[C@@H](OC)C(=O)[C@H](C)C[C@H](C)/C=C/C=C/C=C(\C)[C@H](CC(=O)c3ccccc3)C[C@@H]3CC[C@@H](C)[C@@](O)(O3)C(=O)C(=O)N3CCCC[C@H]3C(=O)O2)CC[C@H]1O. The number of hydrogen-bond donors (Lipinski definition) is 3. The van der Waals surface area contributed by atoms with Gasteiger partial charge in [0.15, 0.2) is 11.6 Å². The number of Topliss-reactive ketones (excluding diaryl/α,β-unsaturated/α-hetero) is 4. The smallest absolute Gasteiger partial charge is 0.329 e. The third-order valence-electron chi connectivity index (χ3n) is 15.9. The highest BCUT2D eigenvalue weighted by Crippen LogP contribution is 2.39. The van der Waals surface area contributed by atoms with Crippen molar-refractivity contribution in [1.82, 2.24) is 4.90 Å². The summed E-state index contributed by atoms with van der Waals surface area (Å²) in [5, 5.41) is 34.2. The first-order valence-corrected chi connectivity index (χ1v) is 26.4. The van der Waals surface area contributed by atoms with Crippen molar-refractivity contribution in [2.75, 3.05) is 20.8 Å². The number of amides is 1. The normalized spacial score (nSPS) is 37.5. The molecule has 3 N–H and O–H groups in total. The van der Waals surface area contributed by atoms with E-state index in [2.05, 4.69) is 0 Å². The minimum atomic E-state index is -2.50. The fourth-order valence-corrected chi connectivity index (χ4v) is 11.2. The number of rotatable bonds is 8. The van der Waals surface area contributed by atoms with Crippen LogP contribution in [0.4, 0.5) is 0 Å². The summed E-state index contributed by atoms with van der Waals surface area (Å²) in [5.74, 6) is -8.78. The molecule has 3 fully saturated rings. The molecule has 4 aliphatic rings. The number of fused-ring (bicyclic) bond motifs is 3. The second-order valence-corrected chi connectivity index (χ2v) is 21.6. The van der Waals surface area contributed by atoms with Gasteiger partial charge in [0, 0.05) is 56.9 Å². The standard InChI is InChI=1S/C58H83NO13/c1-35-18-12-10-13-19-36(2)44(33-49(62)43-20-14-11-15-21-43)32-45-25-23-41(7)58(68,72-45)55(65)56(66)59-27-17-16-22-46(59)57(67)71-50(38(4)30-42-24-26-47(60)51(31-42)69-8)34-48(61)37(3)29-40(6)53(64)54(70-9)52(63)39(5)28-35/h10-15,18-21,29,35,37-39,41-42,44-47,50-51,53-54,60,64,68H,16-17,22-28,30-34H2,1-9H3/b13-10+,18-12+,36-19+,40-29+/t35-,37-,38-,39-,41-,42+,44+,45+,46+,47-,50+,51-,53-,54+,58-/m1/s1. The van der Waals surface area contributed by atoms with Gasteiger partial charge in [0.1, 0.15) is 30.1 Å². The summed E-state index contributed by atoms with van der Waals surface area (Å²) in [6.45, 7) is 12.7. The minimum Gasteiger partial charge on any atom is -0.460 e. The molecule has 2 bridgehead atoms.